The van der Waals surface area contributed by atoms with Crippen molar-refractivity contribution in [3.63, 3.8) is 0 Å². The van der Waals surface area contributed by atoms with Gasteiger partial charge in [-0.15, -0.1) is 0 Å². The van der Waals surface area contributed by atoms with Crippen molar-refractivity contribution in [1.82, 2.24) is 0 Å². The number of carbonyl (C=O) groups excluding carboxylic acids is 3. The van der Waals surface area contributed by atoms with Crippen molar-refractivity contribution in [2.24, 2.45) is 5.92 Å². The minimum Gasteiger partial charge on any atom is -0.462 e. The molecule has 0 saturated heterocycles. The number of esters is 2. The average Bonchev–Trinajstić information content (AvgIpc) is 3.13. The van der Waals surface area contributed by atoms with Gasteiger partial charge in [0, 0.05) is 19.3 Å². The highest BCUT2D eigenvalue weighted by Gasteiger charge is 2.28. The van der Waals surface area contributed by atoms with Gasteiger partial charge in [0.15, 0.2) is 11.9 Å². The fourth-order valence-corrected chi connectivity index (χ4v) is 6.46. The first kappa shape index (κ1) is 53.3. The van der Waals surface area contributed by atoms with Crippen LogP contribution in [0.15, 0.2) is 24.3 Å². The number of allylic oxidation sites excluding steroid dienone is 4. The van der Waals surface area contributed by atoms with Gasteiger partial charge in [0.05, 0.1) is 19.8 Å². The third-order valence-electron chi connectivity index (χ3n) is 8.85. The number of carbonyl (C=O) groups is 3. The van der Waals surface area contributed by atoms with E-state index in [0.29, 0.717) is 19.3 Å². The molecule has 0 bridgehead atoms. The summed E-state index contributed by atoms with van der Waals surface area (Å²) in [7, 11) is -9.70. The quantitative estimate of drug-likeness (QED) is 0.0150. The number of unbranched alkanes of at least 4 members (excludes halogenated alkanes) is 14. The zero-order valence-electron chi connectivity index (χ0n) is 33.7. The van der Waals surface area contributed by atoms with Gasteiger partial charge in [-0.3, -0.25) is 28.0 Å². The van der Waals surface area contributed by atoms with Crippen LogP contribution in [0.1, 0.15) is 162 Å². The van der Waals surface area contributed by atoms with Crippen molar-refractivity contribution in [2.75, 3.05) is 26.4 Å². The fourth-order valence-electron chi connectivity index (χ4n) is 5.30. The van der Waals surface area contributed by atoms with Crippen LogP contribution in [0.25, 0.3) is 0 Å². The predicted molar refractivity (Wildman–Crippen MR) is 212 cm³/mol. The Morgan fingerprint density at radius 3 is 1.78 bits per heavy atom. The van der Waals surface area contributed by atoms with Gasteiger partial charge < -0.3 is 29.3 Å². The van der Waals surface area contributed by atoms with Crippen LogP contribution in [0.5, 0.6) is 0 Å². The van der Waals surface area contributed by atoms with E-state index >= 15 is 0 Å². The van der Waals surface area contributed by atoms with Crippen LogP contribution in [0.3, 0.4) is 0 Å². The number of phosphoric ester groups is 2. The summed E-state index contributed by atoms with van der Waals surface area (Å²) in [6.45, 7) is 3.85. The fraction of sp³-hybridized carbons (Fsp3) is 0.821. The molecule has 0 aromatic heterocycles. The standard InChI is InChI=1S/C39H72O14P2/c1-4-6-7-8-11-16-21-26-35(40)27-22-17-14-19-23-28-38(42)49-32-37(33-52-55(47,48)51-31-36(41)30-50-54(44,45)46)53-39(43)29-24-18-13-10-9-12-15-20-25-34(3)5-2/h11,16,21,26,34,36-37,41H,4-10,12-15,17-20,22-25,27-33H2,1-3H3,(H,47,48)(H2,44,45,46)/b16-11-,26-21+/t34?,36-,37+/m0/s1. The van der Waals surface area contributed by atoms with Crippen molar-refractivity contribution in [1.29, 1.82) is 0 Å². The molecular formula is C39H72O14P2. The summed E-state index contributed by atoms with van der Waals surface area (Å²) < 4.78 is 47.6. The Balaban J connectivity index is 4.64. The van der Waals surface area contributed by atoms with Gasteiger partial charge in [-0.25, -0.2) is 9.13 Å². The van der Waals surface area contributed by atoms with Crippen molar-refractivity contribution in [3.8, 4) is 0 Å². The summed E-state index contributed by atoms with van der Waals surface area (Å²) >= 11 is 0. The Morgan fingerprint density at radius 1 is 0.636 bits per heavy atom. The highest BCUT2D eigenvalue weighted by Crippen LogP contribution is 2.43. The molecular weight excluding hydrogens is 754 g/mol. The van der Waals surface area contributed by atoms with Crippen LogP contribution in [0.4, 0.5) is 0 Å². The van der Waals surface area contributed by atoms with E-state index in [9.17, 15) is 33.5 Å². The van der Waals surface area contributed by atoms with E-state index in [1.165, 1.54) is 44.9 Å². The summed E-state index contributed by atoms with van der Waals surface area (Å²) in [5.74, 6) is -0.258. The van der Waals surface area contributed by atoms with Gasteiger partial charge >= 0.3 is 27.6 Å². The van der Waals surface area contributed by atoms with Crippen LogP contribution in [0.2, 0.25) is 0 Å². The van der Waals surface area contributed by atoms with Crippen molar-refractivity contribution in [2.45, 2.75) is 174 Å². The van der Waals surface area contributed by atoms with Gasteiger partial charge in [0.1, 0.15) is 12.7 Å². The number of aliphatic hydroxyl groups excluding tert-OH is 1. The van der Waals surface area contributed by atoms with Gasteiger partial charge in [-0.05, 0) is 44.1 Å². The molecule has 0 aromatic rings. The normalized spacial score (nSPS) is 14.9. The summed E-state index contributed by atoms with van der Waals surface area (Å²) in [6.07, 6.45) is 24.4. The Morgan fingerprint density at radius 2 is 1.18 bits per heavy atom. The molecule has 0 aliphatic rings. The van der Waals surface area contributed by atoms with Crippen LogP contribution in [0, 0.1) is 5.92 Å². The Hall–Kier alpha value is -1.73. The first-order chi connectivity index (χ1) is 26.2. The Labute approximate surface area is 330 Å². The number of hydrogen-bond donors (Lipinski definition) is 4. The third kappa shape index (κ3) is 37.6. The van der Waals surface area contributed by atoms with Crippen LogP contribution < -0.4 is 0 Å². The zero-order chi connectivity index (χ0) is 41.2. The SMILES string of the molecule is CCCCC/C=C\C=C\C(=O)CCCCCCCC(=O)OC[C@H](COP(=O)(O)OC[C@@H](O)COP(=O)(O)O)OC(=O)CCCCCCCCCCC(C)CC. The van der Waals surface area contributed by atoms with E-state index in [0.717, 1.165) is 70.1 Å². The number of rotatable bonds is 38. The molecule has 16 heteroatoms. The zero-order valence-corrected chi connectivity index (χ0v) is 35.5. The molecule has 0 aromatic carbocycles. The lowest BCUT2D eigenvalue weighted by atomic mass is 9.99. The average molecular weight is 827 g/mol. The number of hydrogen-bond acceptors (Lipinski definition) is 11. The van der Waals surface area contributed by atoms with Crippen molar-refractivity contribution in [3.05, 3.63) is 24.3 Å². The maximum atomic E-state index is 12.6. The molecule has 0 amide bonds. The van der Waals surface area contributed by atoms with Crippen LogP contribution in [-0.4, -0.2) is 76.1 Å². The molecule has 322 valence electrons. The van der Waals surface area contributed by atoms with E-state index in [1.807, 2.05) is 6.08 Å². The summed E-state index contributed by atoms with van der Waals surface area (Å²) in [4.78, 5) is 64.5. The first-order valence-electron chi connectivity index (χ1n) is 20.4. The predicted octanol–water partition coefficient (Wildman–Crippen LogP) is 8.98. The molecule has 0 aliphatic carbocycles. The highest BCUT2D eigenvalue weighted by molar-refractivity contribution is 7.47. The van der Waals surface area contributed by atoms with E-state index in [2.05, 4.69) is 35.9 Å². The van der Waals surface area contributed by atoms with E-state index in [1.54, 1.807) is 12.2 Å². The molecule has 0 rings (SSSR count). The molecule has 0 radical (unpaired) electrons. The van der Waals surface area contributed by atoms with E-state index < -0.39 is 66.2 Å². The van der Waals surface area contributed by atoms with E-state index in [4.69, 9.17) is 23.8 Å². The van der Waals surface area contributed by atoms with Gasteiger partial charge in [-0.2, -0.15) is 0 Å². The molecule has 0 saturated carbocycles. The number of phosphoric acid groups is 2. The number of ether oxygens (including phenoxy) is 2. The van der Waals surface area contributed by atoms with Gasteiger partial charge in [0.2, 0.25) is 0 Å². The second-order valence-corrected chi connectivity index (χ2v) is 16.9. The molecule has 4 atom stereocenters. The lowest BCUT2D eigenvalue weighted by Gasteiger charge is -2.20. The lowest BCUT2D eigenvalue weighted by Crippen LogP contribution is -2.30. The largest absolute Gasteiger partial charge is 0.472 e. The smallest absolute Gasteiger partial charge is 0.462 e. The molecule has 0 aliphatic heterocycles. The maximum absolute atomic E-state index is 12.6. The topological polar surface area (TPSA) is 212 Å². The third-order valence-corrected chi connectivity index (χ3v) is 10.3. The highest BCUT2D eigenvalue weighted by atomic mass is 31.2. The number of ketones is 1. The summed E-state index contributed by atoms with van der Waals surface area (Å²) in [6, 6.07) is 0. The van der Waals surface area contributed by atoms with Crippen LogP contribution in [-0.2, 0) is 46.6 Å². The maximum Gasteiger partial charge on any atom is 0.472 e. The first-order valence-corrected chi connectivity index (χ1v) is 23.4. The van der Waals surface area contributed by atoms with Gasteiger partial charge in [-0.1, -0.05) is 129 Å². The minimum absolute atomic E-state index is 0.0871. The molecule has 55 heavy (non-hydrogen) atoms. The molecule has 14 nitrogen and oxygen atoms in total. The van der Waals surface area contributed by atoms with Crippen molar-refractivity contribution >= 4 is 33.4 Å². The molecule has 4 N–H and O–H groups in total. The second-order valence-electron chi connectivity index (χ2n) is 14.2. The molecule has 0 fully saturated rings. The Bertz CT molecular complexity index is 1160. The van der Waals surface area contributed by atoms with Crippen LogP contribution >= 0.6 is 15.6 Å². The van der Waals surface area contributed by atoms with E-state index in [-0.39, 0.29) is 18.6 Å². The molecule has 0 spiro atoms. The summed E-state index contributed by atoms with van der Waals surface area (Å²) in [5, 5.41) is 9.72. The molecule has 2 unspecified atom stereocenters. The lowest BCUT2D eigenvalue weighted by molar-refractivity contribution is -0.161. The Kier molecular flexibility index (Phi) is 33.2. The van der Waals surface area contributed by atoms with Gasteiger partial charge in [0.25, 0.3) is 0 Å². The number of aliphatic hydroxyl groups is 1. The molecule has 0 heterocycles. The second kappa shape index (κ2) is 34.3. The van der Waals surface area contributed by atoms with Crippen molar-refractivity contribution < 1.29 is 66.3 Å². The summed E-state index contributed by atoms with van der Waals surface area (Å²) in [5.41, 5.74) is 0. The minimum atomic E-state index is -4.87. The monoisotopic (exact) mass is 826 g/mol.